The van der Waals surface area contributed by atoms with Crippen molar-refractivity contribution in [2.24, 2.45) is 0 Å². The predicted octanol–water partition coefficient (Wildman–Crippen LogP) is 2.63. The quantitative estimate of drug-likeness (QED) is 0.734. The molecule has 1 aliphatic heterocycles. The largest absolute Gasteiger partial charge is 0.453 e. The van der Waals surface area contributed by atoms with E-state index in [1.54, 1.807) is 19.1 Å². The first kappa shape index (κ1) is 20.3. The molecule has 3 rings (SSSR count). The molecule has 1 N–H and O–H groups in total. The van der Waals surface area contributed by atoms with Crippen LogP contribution in [0.5, 0.6) is 0 Å². The SMILES string of the molecule is COC(=O)NC(=O)[C@@H](C)Sc1nnc(-c2ccc(F)cc2)n1C[C@H]1CCCO1. The summed E-state index contributed by atoms with van der Waals surface area (Å²) in [6, 6.07) is 5.99. The highest BCUT2D eigenvalue weighted by atomic mass is 32.2. The zero-order valence-electron chi connectivity index (χ0n) is 15.6. The van der Waals surface area contributed by atoms with Gasteiger partial charge in [-0.25, -0.2) is 9.18 Å². The first-order valence-corrected chi connectivity index (χ1v) is 9.72. The van der Waals surface area contributed by atoms with Crippen molar-refractivity contribution in [2.45, 2.75) is 42.8 Å². The molecule has 1 aromatic heterocycles. The number of carbonyl (C=O) groups is 2. The fourth-order valence-electron chi connectivity index (χ4n) is 2.81. The minimum absolute atomic E-state index is 0.0220. The highest BCUT2D eigenvalue weighted by molar-refractivity contribution is 8.00. The van der Waals surface area contributed by atoms with Crippen molar-refractivity contribution >= 4 is 23.8 Å². The number of alkyl carbamates (subject to hydrolysis) is 1. The van der Waals surface area contributed by atoms with Crippen LogP contribution in [-0.2, 0) is 20.8 Å². The summed E-state index contributed by atoms with van der Waals surface area (Å²) in [7, 11) is 1.19. The molecule has 0 spiro atoms. The smallest absolute Gasteiger partial charge is 0.413 e. The molecule has 150 valence electrons. The first-order valence-electron chi connectivity index (χ1n) is 8.84. The van der Waals surface area contributed by atoms with Crippen LogP contribution in [-0.4, -0.2) is 51.8 Å². The van der Waals surface area contributed by atoms with Crippen molar-refractivity contribution < 1.29 is 23.5 Å². The number of benzene rings is 1. The number of carbonyl (C=O) groups excluding carboxylic acids is 2. The number of amides is 2. The average molecular weight is 408 g/mol. The topological polar surface area (TPSA) is 95.3 Å². The molecule has 1 fully saturated rings. The van der Waals surface area contributed by atoms with Crippen molar-refractivity contribution in [2.75, 3.05) is 13.7 Å². The zero-order valence-corrected chi connectivity index (χ0v) is 16.4. The van der Waals surface area contributed by atoms with Gasteiger partial charge in [-0.2, -0.15) is 0 Å². The van der Waals surface area contributed by atoms with Crippen LogP contribution in [0.1, 0.15) is 19.8 Å². The lowest BCUT2D eigenvalue weighted by Crippen LogP contribution is -2.36. The maximum Gasteiger partial charge on any atom is 0.413 e. The lowest BCUT2D eigenvalue weighted by Gasteiger charge is -2.16. The first-order chi connectivity index (χ1) is 13.5. The Kier molecular flexibility index (Phi) is 6.63. The summed E-state index contributed by atoms with van der Waals surface area (Å²) in [6.45, 7) is 2.89. The summed E-state index contributed by atoms with van der Waals surface area (Å²) in [4.78, 5) is 23.4. The number of hydrogen-bond donors (Lipinski definition) is 1. The van der Waals surface area contributed by atoms with Gasteiger partial charge < -0.3 is 9.47 Å². The third-order valence-corrected chi connectivity index (χ3v) is 5.37. The number of imide groups is 1. The van der Waals surface area contributed by atoms with E-state index in [2.05, 4.69) is 20.3 Å². The number of halogens is 1. The molecular weight excluding hydrogens is 387 g/mol. The standard InChI is InChI=1S/C18H21FN4O4S/c1-11(16(24)20-18(25)26-2)28-17-22-21-15(12-5-7-13(19)8-6-12)23(17)10-14-4-3-9-27-14/h5-8,11,14H,3-4,9-10H2,1-2H3,(H,20,24,25)/t11-,14-/m1/s1. The molecule has 1 aliphatic rings. The number of rotatable bonds is 6. The molecule has 28 heavy (non-hydrogen) atoms. The summed E-state index contributed by atoms with van der Waals surface area (Å²) in [5.74, 6) is -0.262. The van der Waals surface area contributed by atoms with E-state index in [9.17, 15) is 14.0 Å². The number of nitrogens with one attached hydrogen (secondary N) is 1. The fraction of sp³-hybridized carbons (Fsp3) is 0.444. The van der Waals surface area contributed by atoms with Crippen LogP contribution in [0.15, 0.2) is 29.4 Å². The van der Waals surface area contributed by atoms with Gasteiger partial charge in [-0.3, -0.25) is 14.7 Å². The number of nitrogens with zero attached hydrogens (tertiary/aromatic N) is 3. The molecule has 2 heterocycles. The summed E-state index contributed by atoms with van der Waals surface area (Å²) in [5, 5.41) is 10.5. The Morgan fingerprint density at radius 1 is 1.39 bits per heavy atom. The lowest BCUT2D eigenvalue weighted by atomic mass is 10.2. The Bertz CT molecular complexity index is 837. The second kappa shape index (κ2) is 9.16. The van der Waals surface area contributed by atoms with Gasteiger partial charge in [-0.15, -0.1) is 10.2 Å². The van der Waals surface area contributed by atoms with E-state index in [4.69, 9.17) is 4.74 Å². The maximum atomic E-state index is 13.3. The van der Waals surface area contributed by atoms with Crippen molar-refractivity contribution in [3.8, 4) is 11.4 Å². The number of methoxy groups -OCH3 is 1. The summed E-state index contributed by atoms with van der Waals surface area (Å²) < 4.78 is 25.3. The Morgan fingerprint density at radius 2 is 2.14 bits per heavy atom. The minimum Gasteiger partial charge on any atom is -0.453 e. The van der Waals surface area contributed by atoms with Crippen LogP contribution < -0.4 is 5.32 Å². The predicted molar refractivity (Wildman–Crippen MR) is 100 cm³/mol. The van der Waals surface area contributed by atoms with Crippen molar-refractivity contribution in [3.05, 3.63) is 30.1 Å². The van der Waals surface area contributed by atoms with Crippen molar-refractivity contribution in [1.29, 1.82) is 0 Å². The van der Waals surface area contributed by atoms with E-state index in [-0.39, 0.29) is 11.9 Å². The molecule has 2 atom stereocenters. The zero-order chi connectivity index (χ0) is 20.1. The molecule has 0 bridgehead atoms. The van der Waals surface area contributed by atoms with Gasteiger partial charge in [0.2, 0.25) is 5.91 Å². The normalized spacial score (nSPS) is 17.3. The van der Waals surface area contributed by atoms with Gasteiger partial charge in [-0.1, -0.05) is 11.8 Å². The number of ether oxygens (including phenoxy) is 2. The molecule has 8 nitrogen and oxygen atoms in total. The van der Waals surface area contributed by atoms with Crippen LogP contribution in [0.25, 0.3) is 11.4 Å². The molecule has 0 unspecified atom stereocenters. The molecule has 2 amide bonds. The molecule has 0 aliphatic carbocycles. The minimum atomic E-state index is -0.815. The van der Waals surface area contributed by atoms with E-state index < -0.39 is 17.3 Å². The molecule has 0 saturated carbocycles. The fourth-order valence-corrected chi connectivity index (χ4v) is 3.67. The Morgan fingerprint density at radius 3 is 2.79 bits per heavy atom. The van der Waals surface area contributed by atoms with E-state index in [1.165, 1.54) is 31.0 Å². The Balaban J connectivity index is 1.84. The molecule has 2 aromatic rings. The molecule has 1 aromatic carbocycles. The summed E-state index contributed by atoms with van der Waals surface area (Å²) in [6.07, 6.45) is 1.11. The number of thioether (sulfide) groups is 1. The van der Waals surface area contributed by atoms with Crippen LogP contribution >= 0.6 is 11.8 Å². The average Bonchev–Trinajstić information content (AvgIpc) is 3.33. The third kappa shape index (κ3) is 4.87. The molecule has 0 radical (unpaired) electrons. The van der Waals surface area contributed by atoms with Crippen molar-refractivity contribution in [1.82, 2.24) is 20.1 Å². The Hall–Kier alpha value is -2.46. The summed E-state index contributed by atoms with van der Waals surface area (Å²) >= 11 is 1.17. The maximum absolute atomic E-state index is 13.3. The lowest BCUT2D eigenvalue weighted by molar-refractivity contribution is -0.119. The van der Waals surface area contributed by atoms with E-state index in [0.29, 0.717) is 29.7 Å². The van der Waals surface area contributed by atoms with Crippen molar-refractivity contribution in [3.63, 3.8) is 0 Å². The molecule has 10 heteroatoms. The van der Waals surface area contributed by atoms with Gasteiger partial charge in [0.15, 0.2) is 11.0 Å². The van der Waals surface area contributed by atoms with E-state index >= 15 is 0 Å². The van der Waals surface area contributed by atoms with Crippen LogP contribution in [0.2, 0.25) is 0 Å². The van der Waals surface area contributed by atoms with Crippen LogP contribution in [0, 0.1) is 5.82 Å². The van der Waals surface area contributed by atoms with Gasteiger partial charge in [0.05, 0.1) is 25.0 Å². The van der Waals surface area contributed by atoms with Gasteiger partial charge in [0, 0.05) is 12.2 Å². The second-order valence-corrected chi connectivity index (χ2v) is 7.61. The number of hydrogen-bond acceptors (Lipinski definition) is 7. The van der Waals surface area contributed by atoms with Crippen LogP contribution in [0.4, 0.5) is 9.18 Å². The highest BCUT2D eigenvalue weighted by Gasteiger charge is 2.25. The van der Waals surface area contributed by atoms with Gasteiger partial charge in [0.25, 0.3) is 0 Å². The second-order valence-electron chi connectivity index (χ2n) is 6.30. The van der Waals surface area contributed by atoms with E-state index in [1.807, 2.05) is 4.57 Å². The van der Waals surface area contributed by atoms with Crippen LogP contribution in [0.3, 0.4) is 0 Å². The Labute approximate surface area is 165 Å². The molecular formula is C18H21FN4O4S. The van der Waals surface area contributed by atoms with E-state index in [0.717, 1.165) is 12.8 Å². The monoisotopic (exact) mass is 408 g/mol. The highest BCUT2D eigenvalue weighted by Crippen LogP contribution is 2.29. The van der Waals surface area contributed by atoms with Gasteiger partial charge >= 0.3 is 6.09 Å². The van der Waals surface area contributed by atoms with Gasteiger partial charge in [-0.05, 0) is 44.0 Å². The summed E-state index contributed by atoms with van der Waals surface area (Å²) in [5.41, 5.74) is 0.713. The third-order valence-electron chi connectivity index (χ3n) is 4.29. The van der Waals surface area contributed by atoms with Gasteiger partial charge in [0.1, 0.15) is 5.82 Å². The number of aromatic nitrogens is 3. The molecule has 1 saturated heterocycles.